The van der Waals surface area contributed by atoms with Crippen LogP contribution in [0, 0.1) is 0 Å². The van der Waals surface area contributed by atoms with E-state index in [1.165, 1.54) is 0 Å². The van der Waals surface area contributed by atoms with E-state index in [4.69, 9.17) is 23.2 Å². The molecule has 21 heavy (non-hydrogen) atoms. The van der Waals surface area contributed by atoms with Gasteiger partial charge in [0.15, 0.2) is 0 Å². The second-order valence-corrected chi connectivity index (χ2v) is 5.76. The summed E-state index contributed by atoms with van der Waals surface area (Å²) in [7, 11) is 0. The maximum atomic E-state index is 12.7. The molecule has 0 aromatic heterocycles. The maximum Gasteiger partial charge on any atom is 0.258 e. The van der Waals surface area contributed by atoms with Crippen LogP contribution in [0.15, 0.2) is 42.5 Å². The zero-order valence-electron chi connectivity index (χ0n) is 11.1. The Balaban J connectivity index is 1.99. The van der Waals surface area contributed by atoms with Gasteiger partial charge in [-0.3, -0.25) is 4.79 Å². The molecule has 3 rings (SSSR count). The number of benzene rings is 2. The molecule has 1 N–H and O–H groups in total. The number of aliphatic hydroxyl groups excluding tert-OH is 1. The summed E-state index contributed by atoms with van der Waals surface area (Å²) in [5, 5.41) is 10.8. The highest BCUT2D eigenvalue weighted by Gasteiger charge is 2.28. The van der Waals surface area contributed by atoms with Gasteiger partial charge in [0, 0.05) is 23.4 Å². The summed E-state index contributed by atoms with van der Waals surface area (Å²) in [6.07, 6.45) is -0.0107. The van der Waals surface area contributed by atoms with Crippen molar-refractivity contribution in [2.45, 2.75) is 12.5 Å². The molecule has 0 spiro atoms. The Hall–Kier alpha value is -1.55. The molecular weight excluding hydrogens is 309 g/mol. The summed E-state index contributed by atoms with van der Waals surface area (Å²) in [4.78, 5) is 14.3. The number of rotatable bonds is 1. The second kappa shape index (κ2) is 5.68. The van der Waals surface area contributed by atoms with Gasteiger partial charge in [0.1, 0.15) is 0 Å². The van der Waals surface area contributed by atoms with Crippen LogP contribution in [0.25, 0.3) is 0 Å². The van der Waals surface area contributed by atoms with Gasteiger partial charge in [-0.05, 0) is 30.7 Å². The fourth-order valence-electron chi connectivity index (χ4n) is 2.54. The summed E-state index contributed by atoms with van der Waals surface area (Å²) in [5.74, 6) is -0.145. The molecule has 0 saturated carbocycles. The summed E-state index contributed by atoms with van der Waals surface area (Å²) < 4.78 is 0. The van der Waals surface area contributed by atoms with Crippen LogP contribution in [-0.4, -0.2) is 17.6 Å². The SMILES string of the molecule is O=C(c1ccc(Cl)c(Cl)c1)N1CCC(O)c2ccccc21. The Kier molecular flexibility index (Phi) is 3.89. The Morgan fingerprint density at radius 3 is 2.67 bits per heavy atom. The molecule has 0 saturated heterocycles. The van der Waals surface area contributed by atoms with Crippen LogP contribution >= 0.6 is 23.2 Å². The molecule has 0 bridgehead atoms. The lowest BCUT2D eigenvalue weighted by atomic mass is 9.98. The first-order chi connectivity index (χ1) is 10.1. The van der Waals surface area contributed by atoms with Crippen LogP contribution in [0.5, 0.6) is 0 Å². The topological polar surface area (TPSA) is 40.5 Å². The third kappa shape index (κ3) is 2.64. The van der Waals surface area contributed by atoms with Crippen molar-refractivity contribution in [3.05, 3.63) is 63.6 Å². The summed E-state index contributed by atoms with van der Waals surface area (Å²) in [6, 6.07) is 12.2. The van der Waals surface area contributed by atoms with Crippen molar-refractivity contribution in [2.75, 3.05) is 11.4 Å². The number of anilines is 1. The molecule has 1 aliphatic rings. The van der Waals surface area contributed by atoms with E-state index in [0.717, 1.165) is 11.3 Å². The number of carbonyl (C=O) groups is 1. The van der Waals surface area contributed by atoms with Crippen molar-refractivity contribution >= 4 is 34.8 Å². The van der Waals surface area contributed by atoms with Crippen molar-refractivity contribution in [1.82, 2.24) is 0 Å². The monoisotopic (exact) mass is 321 g/mol. The first-order valence-electron chi connectivity index (χ1n) is 6.62. The zero-order valence-corrected chi connectivity index (χ0v) is 12.6. The van der Waals surface area contributed by atoms with Crippen molar-refractivity contribution in [2.24, 2.45) is 0 Å². The molecule has 3 nitrogen and oxygen atoms in total. The third-order valence-corrected chi connectivity index (χ3v) is 4.36. The zero-order chi connectivity index (χ0) is 15.0. The number of amides is 1. The maximum absolute atomic E-state index is 12.7. The molecule has 2 aromatic carbocycles. The van der Waals surface area contributed by atoms with Crippen LogP contribution in [0.3, 0.4) is 0 Å². The van der Waals surface area contributed by atoms with E-state index in [1.54, 1.807) is 23.1 Å². The average molecular weight is 322 g/mol. The number of halogens is 2. The highest BCUT2D eigenvalue weighted by atomic mass is 35.5. The van der Waals surface area contributed by atoms with Gasteiger partial charge in [-0.1, -0.05) is 41.4 Å². The number of hydrogen-bond donors (Lipinski definition) is 1. The Morgan fingerprint density at radius 1 is 1.14 bits per heavy atom. The molecule has 1 atom stereocenters. The van der Waals surface area contributed by atoms with E-state index in [1.807, 2.05) is 24.3 Å². The van der Waals surface area contributed by atoms with Crippen molar-refractivity contribution in [1.29, 1.82) is 0 Å². The highest BCUT2D eigenvalue weighted by molar-refractivity contribution is 6.42. The molecule has 1 heterocycles. The van der Waals surface area contributed by atoms with Crippen LogP contribution in [0.4, 0.5) is 5.69 Å². The number of aliphatic hydroxyl groups is 1. The Labute approximate surface area is 132 Å². The third-order valence-electron chi connectivity index (χ3n) is 3.62. The van der Waals surface area contributed by atoms with E-state index >= 15 is 0 Å². The molecule has 2 aromatic rings. The van der Waals surface area contributed by atoms with Crippen LogP contribution in [-0.2, 0) is 0 Å². The molecule has 1 amide bonds. The fourth-order valence-corrected chi connectivity index (χ4v) is 2.84. The predicted molar refractivity (Wildman–Crippen MR) is 84.2 cm³/mol. The number of nitrogens with zero attached hydrogens (tertiary/aromatic N) is 1. The Bertz CT molecular complexity index is 702. The number of fused-ring (bicyclic) bond motifs is 1. The standard InChI is InChI=1S/C16H13Cl2NO2/c17-12-6-5-10(9-13(12)18)16(21)19-8-7-15(20)11-3-1-2-4-14(11)19/h1-6,9,15,20H,7-8H2. The van der Waals surface area contributed by atoms with E-state index in [2.05, 4.69) is 0 Å². The van der Waals surface area contributed by atoms with E-state index in [-0.39, 0.29) is 5.91 Å². The van der Waals surface area contributed by atoms with Gasteiger partial charge in [0.05, 0.1) is 16.1 Å². The minimum atomic E-state index is -0.529. The van der Waals surface area contributed by atoms with Gasteiger partial charge in [0.2, 0.25) is 0 Å². The highest BCUT2D eigenvalue weighted by Crippen LogP contribution is 2.34. The Morgan fingerprint density at radius 2 is 1.90 bits per heavy atom. The number of hydrogen-bond acceptors (Lipinski definition) is 2. The molecule has 1 unspecified atom stereocenters. The minimum Gasteiger partial charge on any atom is -0.388 e. The smallest absolute Gasteiger partial charge is 0.258 e. The van der Waals surface area contributed by atoms with Crippen molar-refractivity contribution in [3.8, 4) is 0 Å². The lowest BCUT2D eigenvalue weighted by molar-refractivity contribution is 0.0970. The van der Waals surface area contributed by atoms with Crippen molar-refractivity contribution < 1.29 is 9.90 Å². The minimum absolute atomic E-state index is 0.145. The molecule has 108 valence electrons. The van der Waals surface area contributed by atoms with Gasteiger partial charge in [-0.25, -0.2) is 0 Å². The van der Waals surface area contributed by atoms with Gasteiger partial charge in [-0.2, -0.15) is 0 Å². The largest absolute Gasteiger partial charge is 0.388 e. The quantitative estimate of drug-likeness (QED) is 0.859. The molecule has 1 aliphatic heterocycles. The first-order valence-corrected chi connectivity index (χ1v) is 7.37. The van der Waals surface area contributed by atoms with Gasteiger partial charge in [-0.15, -0.1) is 0 Å². The molecular formula is C16H13Cl2NO2. The second-order valence-electron chi connectivity index (χ2n) is 4.95. The number of carbonyl (C=O) groups excluding carboxylic acids is 1. The molecule has 0 aliphatic carbocycles. The number of para-hydroxylation sites is 1. The fraction of sp³-hybridized carbons (Fsp3) is 0.188. The predicted octanol–water partition coefficient (Wildman–Crippen LogP) is 4.08. The first kappa shape index (κ1) is 14.4. The molecule has 0 fully saturated rings. The van der Waals surface area contributed by atoms with E-state index in [9.17, 15) is 9.90 Å². The van der Waals surface area contributed by atoms with Crippen LogP contribution in [0.1, 0.15) is 28.4 Å². The van der Waals surface area contributed by atoms with Gasteiger partial charge in [0.25, 0.3) is 5.91 Å². The van der Waals surface area contributed by atoms with Gasteiger partial charge >= 0.3 is 0 Å². The summed E-state index contributed by atoms with van der Waals surface area (Å²) >= 11 is 11.9. The lowest BCUT2D eigenvalue weighted by Crippen LogP contribution is -2.36. The van der Waals surface area contributed by atoms with E-state index in [0.29, 0.717) is 28.6 Å². The lowest BCUT2D eigenvalue weighted by Gasteiger charge is -2.32. The van der Waals surface area contributed by atoms with Crippen molar-refractivity contribution in [3.63, 3.8) is 0 Å². The van der Waals surface area contributed by atoms with Gasteiger partial charge < -0.3 is 10.0 Å². The average Bonchev–Trinajstić information content (AvgIpc) is 2.50. The summed E-state index contributed by atoms with van der Waals surface area (Å²) in [5.41, 5.74) is 2.00. The van der Waals surface area contributed by atoms with Crippen LogP contribution < -0.4 is 4.90 Å². The molecule has 0 radical (unpaired) electrons. The molecule has 5 heteroatoms. The van der Waals surface area contributed by atoms with Crippen LogP contribution in [0.2, 0.25) is 10.0 Å². The normalized spacial score (nSPS) is 17.5. The summed E-state index contributed by atoms with van der Waals surface area (Å²) in [6.45, 7) is 0.470. The van der Waals surface area contributed by atoms with E-state index < -0.39 is 6.10 Å².